The molecular formula is C8H9BrO2. The van der Waals surface area contributed by atoms with Crippen molar-refractivity contribution in [1.82, 2.24) is 0 Å². The van der Waals surface area contributed by atoms with E-state index in [1.807, 2.05) is 18.2 Å². The monoisotopic (exact) mass is 216 g/mol. The summed E-state index contributed by atoms with van der Waals surface area (Å²) in [5.41, 5.74) is 0.718. The van der Waals surface area contributed by atoms with E-state index in [1.54, 1.807) is 6.07 Å². The molecule has 60 valence electrons. The number of hydrogen-bond donors (Lipinski definition) is 2. The quantitative estimate of drug-likeness (QED) is 0.787. The molecule has 0 aliphatic rings. The van der Waals surface area contributed by atoms with Crippen LogP contribution in [0.2, 0.25) is 0 Å². The van der Waals surface area contributed by atoms with Gasteiger partial charge in [0.25, 0.3) is 0 Å². The molecule has 1 atom stereocenters. The maximum absolute atomic E-state index is 9.23. The molecule has 0 amide bonds. The van der Waals surface area contributed by atoms with Gasteiger partial charge in [0, 0.05) is 4.47 Å². The number of aliphatic hydroxyl groups is 2. The standard InChI is InChI=1S/C8H9BrO2/c9-7-4-2-1-3-6(7)8(11)5-10/h1-4,8,10-11H,5H2/t8-/m0/s1. The van der Waals surface area contributed by atoms with Crippen LogP contribution in [-0.4, -0.2) is 16.8 Å². The highest BCUT2D eigenvalue weighted by Gasteiger charge is 2.07. The minimum Gasteiger partial charge on any atom is -0.393 e. The minimum absolute atomic E-state index is 0.247. The number of hydrogen-bond acceptors (Lipinski definition) is 2. The van der Waals surface area contributed by atoms with Crippen molar-refractivity contribution < 1.29 is 10.2 Å². The summed E-state index contributed by atoms with van der Waals surface area (Å²) in [6.45, 7) is -0.247. The van der Waals surface area contributed by atoms with Gasteiger partial charge in [-0.15, -0.1) is 0 Å². The third kappa shape index (κ3) is 2.02. The second-order valence-electron chi connectivity index (χ2n) is 2.22. The first-order valence-corrected chi connectivity index (χ1v) is 4.08. The van der Waals surface area contributed by atoms with Crippen molar-refractivity contribution in [1.29, 1.82) is 0 Å². The first-order valence-electron chi connectivity index (χ1n) is 3.29. The van der Waals surface area contributed by atoms with Crippen LogP contribution in [0.25, 0.3) is 0 Å². The average molecular weight is 217 g/mol. The Hall–Kier alpha value is -0.380. The lowest BCUT2D eigenvalue weighted by molar-refractivity contribution is 0.0951. The highest BCUT2D eigenvalue weighted by atomic mass is 79.9. The van der Waals surface area contributed by atoms with Gasteiger partial charge in [0.15, 0.2) is 0 Å². The van der Waals surface area contributed by atoms with Gasteiger partial charge in [-0.05, 0) is 11.6 Å². The molecule has 0 saturated carbocycles. The molecule has 0 bridgehead atoms. The highest BCUT2D eigenvalue weighted by molar-refractivity contribution is 9.10. The maximum atomic E-state index is 9.23. The lowest BCUT2D eigenvalue weighted by atomic mass is 10.1. The summed E-state index contributed by atoms with van der Waals surface area (Å²) in [5, 5.41) is 17.9. The van der Waals surface area contributed by atoms with Crippen LogP contribution in [0.4, 0.5) is 0 Å². The Morgan fingerprint density at radius 3 is 2.55 bits per heavy atom. The Balaban J connectivity index is 2.93. The second-order valence-corrected chi connectivity index (χ2v) is 3.07. The molecule has 0 aromatic heterocycles. The predicted molar refractivity (Wildman–Crippen MR) is 46.2 cm³/mol. The first-order chi connectivity index (χ1) is 5.25. The van der Waals surface area contributed by atoms with Gasteiger partial charge in [0.2, 0.25) is 0 Å². The summed E-state index contributed by atoms with van der Waals surface area (Å²) in [4.78, 5) is 0. The van der Waals surface area contributed by atoms with Crippen molar-refractivity contribution in [2.45, 2.75) is 6.10 Å². The molecule has 1 aromatic carbocycles. The van der Waals surface area contributed by atoms with E-state index in [4.69, 9.17) is 5.11 Å². The Morgan fingerprint density at radius 2 is 2.00 bits per heavy atom. The zero-order chi connectivity index (χ0) is 8.27. The lowest BCUT2D eigenvalue weighted by Crippen LogP contribution is -2.02. The number of rotatable bonds is 2. The van der Waals surface area contributed by atoms with Crippen LogP contribution >= 0.6 is 15.9 Å². The summed E-state index contributed by atoms with van der Waals surface area (Å²) >= 11 is 3.27. The van der Waals surface area contributed by atoms with Gasteiger partial charge in [0.05, 0.1) is 6.61 Å². The Kier molecular flexibility index (Phi) is 3.05. The molecule has 0 unspecified atom stereocenters. The molecular weight excluding hydrogens is 208 g/mol. The molecule has 0 fully saturated rings. The van der Waals surface area contributed by atoms with Crippen molar-refractivity contribution in [3.63, 3.8) is 0 Å². The third-order valence-corrected chi connectivity index (χ3v) is 2.16. The molecule has 0 aliphatic heterocycles. The van der Waals surface area contributed by atoms with E-state index in [0.717, 1.165) is 10.0 Å². The molecule has 2 nitrogen and oxygen atoms in total. The van der Waals surface area contributed by atoms with Crippen LogP contribution in [-0.2, 0) is 0 Å². The van der Waals surface area contributed by atoms with E-state index in [-0.39, 0.29) is 6.61 Å². The van der Waals surface area contributed by atoms with Crippen molar-refractivity contribution in [2.24, 2.45) is 0 Å². The van der Waals surface area contributed by atoms with Crippen LogP contribution in [0.1, 0.15) is 11.7 Å². The molecule has 0 radical (unpaired) electrons. The Labute approximate surface area is 73.6 Å². The van der Waals surface area contributed by atoms with Crippen LogP contribution in [0.3, 0.4) is 0 Å². The zero-order valence-corrected chi connectivity index (χ0v) is 7.45. The summed E-state index contributed by atoms with van der Waals surface area (Å²) < 4.78 is 0.821. The topological polar surface area (TPSA) is 40.5 Å². The minimum atomic E-state index is -0.787. The van der Waals surface area contributed by atoms with Gasteiger partial charge < -0.3 is 10.2 Å². The molecule has 0 saturated heterocycles. The average Bonchev–Trinajstić information content (AvgIpc) is 2.04. The van der Waals surface area contributed by atoms with Gasteiger partial charge >= 0.3 is 0 Å². The molecule has 1 aromatic rings. The second kappa shape index (κ2) is 3.85. The van der Waals surface area contributed by atoms with E-state index >= 15 is 0 Å². The van der Waals surface area contributed by atoms with E-state index in [2.05, 4.69) is 15.9 Å². The zero-order valence-electron chi connectivity index (χ0n) is 5.87. The Bertz CT molecular complexity index is 237. The van der Waals surface area contributed by atoms with Crippen molar-refractivity contribution >= 4 is 15.9 Å². The van der Waals surface area contributed by atoms with Crippen LogP contribution in [0.5, 0.6) is 0 Å². The van der Waals surface area contributed by atoms with Gasteiger partial charge in [0.1, 0.15) is 6.10 Å². The molecule has 1 rings (SSSR count). The van der Waals surface area contributed by atoms with Crippen LogP contribution < -0.4 is 0 Å². The molecule has 0 heterocycles. The van der Waals surface area contributed by atoms with Crippen LogP contribution in [0, 0.1) is 0 Å². The number of benzene rings is 1. The number of aliphatic hydroxyl groups excluding tert-OH is 2. The third-order valence-electron chi connectivity index (χ3n) is 1.44. The van der Waals surface area contributed by atoms with Crippen molar-refractivity contribution in [3.8, 4) is 0 Å². The van der Waals surface area contributed by atoms with E-state index < -0.39 is 6.10 Å². The fourth-order valence-electron chi connectivity index (χ4n) is 0.844. The lowest BCUT2D eigenvalue weighted by Gasteiger charge is -2.08. The predicted octanol–water partition coefficient (Wildman–Crippen LogP) is 1.47. The summed E-state index contributed by atoms with van der Waals surface area (Å²) in [6, 6.07) is 7.27. The van der Waals surface area contributed by atoms with Gasteiger partial charge in [-0.2, -0.15) is 0 Å². The number of halogens is 1. The summed E-state index contributed by atoms with van der Waals surface area (Å²) in [5.74, 6) is 0. The fourth-order valence-corrected chi connectivity index (χ4v) is 1.39. The van der Waals surface area contributed by atoms with Crippen molar-refractivity contribution in [3.05, 3.63) is 34.3 Å². The molecule has 3 heteroatoms. The maximum Gasteiger partial charge on any atom is 0.103 e. The smallest absolute Gasteiger partial charge is 0.103 e. The van der Waals surface area contributed by atoms with Gasteiger partial charge in [-0.3, -0.25) is 0 Å². The molecule has 2 N–H and O–H groups in total. The van der Waals surface area contributed by atoms with E-state index in [1.165, 1.54) is 0 Å². The van der Waals surface area contributed by atoms with Gasteiger partial charge in [-0.1, -0.05) is 34.1 Å². The molecule has 0 spiro atoms. The fraction of sp³-hybridized carbons (Fsp3) is 0.250. The van der Waals surface area contributed by atoms with Crippen molar-refractivity contribution in [2.75, 3.05) is 6.61 Å². The highest BCUT2D eigenvalue weighted by Crippen LogP contribution is 2.22. The largest absolute Gasteiger partial charge is 0.393 e. The first kappa shape index (κ1) is 8.71. The van der Waals surface area contributed by atoms with E-state index in [9.17, 15) is 5.11 Å². The summed E-state index contributed by atoms with van der Waals surface area (Å²) in [6.07, 6.45) is -0.787. The SMILES string of the molecule is OC[C@H](O)c1ccccc1Br. The molecule has 0 aliphatic carbocycles. The van der Waals surface area contributed by atoms with E-state index in [0.29, 0.717) is 0 Å². The normalized spacial score (nSPS) is 13.0. The molecule has 11 heavy (non-hydrogen) atoms. The van der Waals surface area contributed by atoms with Gasteiger partial charge in [-0.25, -0.2) is 0 Å². The van der Waals surface area contributed by atoms with Crippen LogP contribution in [0.15, 0.2) is 28.7 Å². The Morgan fingerprint density at radius 1 is 1.36 bits per heavy atom. The summed E-state index contributed by atoms with van der Waals surface area (Å²) in [7, 11) is 0.